The van der Waals surface area contributed by atoms with E-state index in [9.17, 15) is 9.59 Å². The van der Waals surface area contributed by atoms with E-state index in [1.807, 2.05) is 19.1 Å². The van der Waals surface area contributed by atoms with Gasteiger partial charge in [-0.05, 0) is 36.2 Å². The second kappa shape index (κ2) is 8.10. The Morgan fingerprint density at radius 2 is 1.86 bits per heavy atom. The highest BCUT2D eigenvalue weighted by Crippen LogP contribution is 2.39. The second-order valence-electron chi connectivity index (χ2n) is 6.83. The van der Waals surface area contributed by atoms with E-state index in [2.05, 4.69) is 5.32 Å². The number of carbonyl (C=O) groups is 2. The lowest BCUT2D eigenvalue weighted by Crippen LogP contribution is -2.30. The Kier molecular flexibility index (Phi) is 5.79. The Hall–Kier alpha value is -2.73. The molecule has 148 valence electrons. The van der Waals surface area contributed by atoms with Gasteiger partial charge in [0.15, 0.2) is 11.5 Å². The van der Waals surface area contributed by atoms with Gasteiger partial charge >= 0.3 is 0 Å². The van der Waals surface area contributed by atoms with Crippen LogP contribution in [0.2, 0.25) is 5.02 Å². The molecule has 3 rings (SSSR count). The van der Waals surface area contributed by atoms with Crippen LogP contribution >= 0.6 is 11.6 Å². The van der Waals surface area contributed by atoms with Crippen LogP contribution < -0.4 is 14.8 Å². The van der Waals surface area contributed by atoms with Gasteiger partial charge in [0.05, 0.1) is 26.2 Å². The maximum Gasteiger partial charge on any atom is 0.230 e. The van der Waals surface area contributed by atoms with Gasteiger partial charge in [-0.15, -0.1) is 0 Å². The van der Waals surface area contributed by atoms with E-state index in [1.54, 1.807) is 50.4 Å². The van der Waals surface area contributed by atoms with Crippen LogP contribution in [0.25, 0.3) is 0 Å². The average molecular weight is 403 g/mol. The number of benzene rings is 2. The van der Waals surface area contributed by atoms with Crippen molar-refractivity contribution >= 4 is 29.1 Å². The first-order chi connectivity index (χ1) is 13.3. The predicted molar refractivity (Wildman–Crippen MR) is 108 cm³/mol. The summed E-state index contributed by atoms with van der Waals surface area (Å²) >= 11 is 6.12. The fourth-order valence-corrected chi connectivity index (χ4v) is 3.79. The summed E-state index contributed by atoms with van der Waals surface area (Å²) in [4.78, 5) is 27.0. The summed E-state index contributed by atoms with van der Waals surface area (Å²) in [5.74, 6) is 0.288. The van der Waals surface area contributed by atoms with E-state index in [-0.39, 0.29) is 24.3 Å². The van der Waals surface area contributed by atoms with Gasteiger partial charge in [-0.1, -0.05) is 23.7 Å². The first-order valence-electron chi connectivity index (χ1n) is 8.90. The molecule has 6 nitrogen and oxygen atoms in total. The highest BCUT2D eigenvalue weighted by molar-refractivity contribution is 6.30. The summed E-state index contributed by atoms with van der Waals surface area (Å²) in [7, 11) is 4.81. The molecule has 7 heteroatoms. The number of nitrogens with one attached hydrogen (secondary N) is 1. The van der Waals surface area contributed by atoms with E-state index >= 15 is 0 Å². The lowest BCUT2D eigenvalue weighted by Gasteiger charge is -2.25. The van der Waals surface area contributed by atoms with Gasteiger partial charge in [0.1, 0.15) is 0 Å². The Labute approximate surface area is 169 Å². The third-order valence-electron chi connectivity index (χ3n) is 5.10. The van der Waals surface area contributed by atoms with Gasteiger partial charge in [-0.2, -0.15) is 0 Å². The molecule has 1 N–H and O–H groups in total. The normalized spacial score (nSPS) is 18.9. The Morgan fingerprint density at radius 1 is 1.18 bits per heavy atom. The minimum Gasteiger partial charge on any atom is -0.493 e. The number of methoxy groups -OCH3 is 2. The van der Waals surface area contributed by atoms with Crippen molar-refractivity contribution in [3.05, 3.63) is 52.5 Å². The van der Waals surface area contributed by atoms with Crippen LogP contribution in [-0.2, 0) is 9.59 Å². The number of ether oxygens (including phenoxy) is 2. The number of hydrogen-bond acceptors (Lipinski definition) is 4. The number of halogens is 1. The summed E-state index contributed by atoms with van der Waals surface area (Å²) in [5.41, 5.74) is 2.29. The molecule has 0 saturated carbocycles. The summed E-state index contributed by atoms with van der Waals surface area (Å²) < 4.78 is 10.6. The highest BCUT2D eigenvalue weighted by Gasteiger charge is 2.42. The topological polar surface area (TPSA) is 67.9 Å². The minimum atomic E-state index is -0.525. The molecule has 0 spiro atoms. The molecule has 2 amide bonds. The number of anilines is 1. The van der Waals surface area contributed by atoms with Crippen LogP contribution in [-0.4, -0.2) is 38.0 Å². The fourth-order valence-electron chi connectivity index (χ4n) is 3.59. The Morgan fingerprint density at radius 3 is 2.50 bits per heavy atom. The number of aryl methyl sites for hydroxylation is 1. The third-order valence-corrected chi connectivity index (χ3v) is 5.34. The van der Waals surface area contributed by atoms with Crippen molar-refractivity contribution in [1.82, 2.24) is 4.90 Å². The molecule has 1 fully saturated rings. The lowest BCUT2D eigenvalue weighted by molar-refractivity contribution is -0.127. The number of nitrogens with zero attached hydrogens (tertiary/aromatic N) is 1. The molecule has 2 atom stereocenters. The summed E-state index contributed by atoms with van der Waals surface area (Å²) in [6.07, 6.45) is 0.145. The molecule has 1 saturated heterocycles. The van der Waals surface area contributed by atoms with Crippen molar-refractivity contribution < 1.29 is 19.1 Å². The minimum absolute atomic E-state index is 0.0749. The number of rotatable bonds is 5. The van der Waals surface area contributed by atoms with Crippen molar-refractivity contribution in [2.45, 2.75) is 19.4 Å². The van der Waals surface area contributed by atoms with Gasteiger partial charge < -0.3 is 19.7 Å². The number of hydrogen-bond donors (Lipinski definition) is 1. The Balaban J connectivity index is 1.90. The standard InChI is InChI=1S/C21H23ClN2O4/c1-12-8-17(27-3)18(28-4)11-16(12)23-21(26)15-10-19(25)24(2)20(15)13-6-5-7-14(22)9-13/h5-9,11,15,20H,10H2,1-4H3,(H,23,26). The number of carbonyl (C=O) groups excluding carboxylic acids is 2. The van der Waals surface area contributed by atoms with Gasteiger partial charge in [0.25, 0.3) is 0 Å². The van der Waals surface area contributed by atoms with Gasteiger partial charge in [-0.3, -0.25) is 9.59 Å². The maximum atomic E-state index is 13.1. The second-order valence-corrected chi connectivity index (χ2v) is 7.26. The van der Waals surface area contributed by atoms with Crippen molar-refractivity contribution in [2.24, 2.45) is 5.92 Å². The van der Waals surface area contributed by atoms with Crippen molar-refractivity contribution in [1.29, 1.82) is 0 Å². The molecular formula is C21H23ClN2O4. The van der Waals surface area contributed by atoms with Crippen molar-refractivity contribution in [3.63, 3.8) is 0 Å². The number of likely N-dealkylation sites (tertiary alicyclic amines) is 1. The summed E-state index contributed by atoms with van der Waals surface area (Å²) in [6, 6.07) is 10.4. The molecule has 1 aliphatic heterocycles. The third kappa shape index (κ3) is 3.78. The lowest BCUT2D eigenvalue weighted by atomic mass is 9.92. The highest BCUT2D eigenvalue weighted by atomic mass is 35.5. The predicted octanol–water partition coefficient (Wildman–Crippen LogP) is 3.82. The van der Waals surface area contributed by atoms with E-state index in [0.717, 1.165) is 11.1 Å². The van der Waals surface area contributed by atoms with Crippen LogP contribution in [0.15, 0.2) is 36.4 Å². The first-order valence-corrected chi connectivity index (χ1v) is 9.28. The van der Waals surface area contributed by atoms with Crippen LogP contribution in [0.1, 0.15) is 23.6 Å². The Bertz CT molecular complexity index is 915. The molecular weight excluding hydrogens is 380 g/mol. The molecule has 0 bridgehead atoms. The quantitative estimate of drug-likeness (QED) is 0.825. The van der Waals surface area contributed by atoms with E-state index in [0.29, 0.717) is 22.2 Å². The molecule has 1 aliphatic rings. The molecule has 0 aliphatic carbocycles. The maximum absolute atomic E-state index is 13.1. The molecule has 0 aromatic heterocycles. The zero-order valence-corrected chi connectivity index (χ0v) is 17.0. The first kappa shape index (κ1) is 20.0. The fraction of sp³-hybridized carbons (Fsp3) is 0.333. The van der Waals surface area contributed by atoms with Gasteiger partial charge in [-0.25, -0.2) is 0 Å². The molecule has 2 aromatic carbocycles. The summed E-state index contributed by atoms with van der Waals surface area (Å²) in [5, 5.41) is 3.52. The molecule has 2 aromatic rings. The molecule has 0 radical (unpaired) electrons. The smallest absolute Gasteiger partial charge is 0.230 e. The molecule has 2 unspecified atom stereocenters. The van der Waals surface area contributed by atoms with E-state index in [1.165, 1.54) is 0 Å². The average Bonchev–Trinajstić information content (AvgIpc) is 2.97. The number of amides is 2. The van der Waals surface area contributed by atoms with Gasteiger partial charge in [0.2, 0.25) is 11.8 Å². The molecule has 28 heavy (non-hydrogen) atoms. The van der Waals surface area contributed by atoms with E-state index < -0.39 is 5.92 Å². The van der Waals surface area contributed by atoms with Crippen LogP contribution in [0.5, 0.6) is 11.5 Å². The van der Waals surface area contributed by atoms with Crippen molar-refractivity contribution in [3.8, 4) is 11.5 Å². The largest absolute Gasteiger partial charge is 0.493 e. The summed E-state index contributed by atoms with van der Waals surface area (Å²) in [6.45, 7) is 1.87. The van der Waals surface area contributed by atoms with Crippen LogP contribution in [0, 0.1) is 12.8 Å². The zero-order valence-electron chi connectivity index (χ0n) is 16.3. The van der Waals surface area contributed by atoms with Crippen LogP contribution in [0.4, 0.5) is 5.69 Å². The zero-order chi connectivity index (χ0) is 20.4. The monoisotopic (exact) mass is 402 g/mol. The van der Waals surface area contributed by atoms with Gasteiger partial charge in [0, 0.05) is 30.2 Å². The SMILES string of the molecule is COc1cc(C)c(NC(=O)C2CC(=O)N(C)C2c2cccc(Cl)c2)cc1OC. The van der Waals surface area contributed by atoms with E-state index in [4.69, 9.17) is 21.1 Å². The van der Waals surface area contributed by atoms with Crippen molar-refractivity contribution in [2.75, 3.05) is 26.6 Å². The van der Waals surface area contributed by atoms with Crippen LogP contribution in [0.3, 0.4) is 0 Å². The molecule has 1 heterocycles.